The Morgan fingerprint density at radius 1 is 1.15 bits per heavy atom. The Balaban J connectivity index is 1.68. The molecule has 0 aliphatic rings. The summed E-state index contributed by atoms with van der Waals surface area (Å²) in [7, 11) is 0. The lowest BCUT2D eigenvalue weighted by molar-refractivity contribution is -0.119. The Morgan fingerprint density at radius 2 is 1.92 bits per heavy atom. The summed E-state index contributed by atoms with van der Waals surface area (Å²) in [4.78, 5) is 32.6. The van der Waals surface area contributed by atoms with E-state index in [-0.39, 0.29) is 17.7 Å². The van der Waals surface area contributed by atoms with E-state index < -0.39 is 0 Å². The van der Waals surface area contributed by atoms with Crippen LogP contribution in [0.2, 0.25) is 0 Å². The summed E-state index contributed by atoms with van der Waals surface area (Å²) in [6.07, 6.45) is 3.00. The van der Waals surface area contributed by atoms with E-state index in [2.05, 4.69) is 15.3 Å². The molecule has 3 aromatic rings. The molecule has 0 radical (unpaired) electrons. The Bertz CT molecular complexity index is 918. The Labute approximate surface area is 152 Å². The molecule has 3 rings (SSSR count). The lowest BCUT2D eigenvalue weighted by Crippen LogP contribution is -2.26. The molecule has 0 spiro atoms. The van der Waals surface area contributed by atoms with E-state index in [1.165, 1.54) is 0 Å². The van der Waals surface area contributed by atoms with Crippen molar-refractivity contribution in [3.05, 3.63) is 60.2 Å². The van der Waals surface area contributed by atoms with Crippen LogP contribution in [-0.4, -0.2) is 32.8 Å². The van der Waals surface area contributed by atoms with E-state index in [4.69, 9.17) is 0 Å². The molecule has 0 aliphatic carbocycles. The van der Waals surface area contributed by atoms with Gasteiger partial charge < -0.3 is 9.88 Å². The van der Waals surface area contributed by atoms with Crippen LogP contribution in [0.5, 0.6) is 0 Å². The van der Waals surface area contributed by atoms with Crippen LogP contribution < -0.4 is 5.32 Å². The number of aromatic nitrogens is 3. The minimum absolute atomic E-state index is 0.0952. The number of amides is 1. The van der Waals surface area contributed by atoms with Crippen molar-refractivity contribution in [2.45, 2.75) is 32.7 Å². The fourth-order valence-corrected chi connectivity index (χ4v) is 2.92. The summed E-state index contributed by atoms with van der Waals surface area (Å²) < 4.78 is 2.00. The molecule has 0 bridgehead atoms. The van der Waals surface area contributed by atoms with Gasteiger partial charge in [-0.3, -0.25) is 14.6 Å². The maximum Gasteiger partial charge on any atom is 0.269 e. The molecular weight excluding hydrogens is 328 g/mol. The molecule has 6 nitrogen and oxygen atoms in total. The van der Waals surface area contributed by atoms with E-state index >= 15 is 0 Å². The molecule has 1 aromatic carbocycles. The van der Waals surface area contributed by atoms with Crippen LogP contribution in [0.4, 0.5) is 0 Å². The van der Waals surface area contributed by atoms with E-state index in [9.17, 15) is 9.59 Å². The lowest BCUT2D eigenvalue weighted by atomic mass is 10.2. The lowest BCUT2D eigenvalue weighted by Gasteiger charge is -2.15. The maximum atomic E-state index is 12.0. The zero-order chi connectivity index (χ0) is 18.5. The first kappa shape index (κ1) is 17.8. The topological polar surface area (TPSA) is 76.9 Å². The molecule has 6 heteroatoms. The molecule has 1 amide bonds. The number of pyridine rings is 1. The number of hydrogen-bond donors (Lipinski definition) is 1. The van der Waals surface area contributed by atoms with Gasteiger partial charge in [0.2, 0.25) is 0 Å². The summed E-state index contributed by atoms with van der Waals surface area (Å²) in [5, 5.41) is 2.87. The zero-order valence-electron chi connectivity index (χ0n) is 15.0. The highest BCUT2D eigenvalue weighted by Crippen LogP contribution is 2.22. The van der Waals surface area contributed by atoms with Crippen molar-refractivity contribution in [2.24, 2.45) is 0 Å². The quantitative estimate of drug-likeness (QED) is 0.665. The number of carbonyl (C=O) groups is 2. The van der Waals surface area contributed by atoms with Crippen molar-refractivity contribution in [3.8, 4) is 0 Å². The summed E-state index contributed by atoms with van der Waals surface area (Å²) in [6, 6.07) is 12.8. The van der Waals surface area contributed by atoms with Crippen molar-refractivity contribution in [3.63, 3.8) is 0 Å². The number of ketones is 1. The third-order valence-corrected chi connectivity index (χ3v) is 4.40. The molecular formula is C20H22N4O2. The third-order valence-electron chi connectivity index (χ3n) is 4.40. The molecule has 2 heterocycles. The van der Waals surface area contributed by atoms with Gasteiger partial charge in [0.25, 0.3) is 5.91 Å². The molecule has 0 saturated carbocycles. The van der Waals surface area contributed by atoms with Gasteiger partial charge in [0.1, 0.15) is 11.5 Å². The standard InChI is InChI=1S/C20H22N4O2/c1-14(15(2)25)24-18-10-4-3-8-16(18)23-19(24)11-7-13-22-20(26)17-9-5-6-12-21-17/h3-6,8-10,12,14H,7,11,13H2,1-2H3,(H,22,26). The van der Waals surface area contributed by atoms with Gasteiger partial charge in [-0.15, -0.1) is 0 Å². The smallest absolute Gasteiger partial charge is 0.269 e. The van der Waals surface area contributed by atoms with Gasteiger partial charge in [-0.25, -0.2) is 4.98 Å². The highest BCUT2D eigenvalue weighted by Gasteiger charge is 2.18. The minimum Gasteiger partial charge on any atom is -0.351 e. The van der Waals surface area contributed by atoms with Gasteiger partial charge in [0, 0.05) is 19.2 Å². The first-order valence-corrected chi connectivity index (χ1v) is 8.73. The molecule has 1 N–H and O–H groups in total. The highest BCUT2D eigenvalue weighted by molar-refractivity contribution is 5.92. The second-order valence-corrected chi connectivity index (χ2v) is 6.25. The van der Waals surface area contributed by atoms with Gasteiger partial charge in [0.05, 0.1) is 17.1 Å². The number of aryl methyl sites for hydroxylation is 1. The van der Waals surface area contributed by atoms with Crippen LogP contribution in [-0.2, 0) is 11.2 Å². The molecule has 0 aliphatic heterocycles. The number of fused-ring (bicyclic) bond motifs is 1. The third kappa shape index (κ3) is 3.79. The summed E-state index contributed by atoms with van der Waals surface area (Å²) in [5.41, 5.74) is 2.25. The molecule has 1 unspecified atom stereocenters. The second kappa shape index (κ2) is 7.91. The fraction of sp³-hybridized carbons (Fsp3) is 0.300. The van der Waals surface area contributed by atoms with Crippen LogP contribution >= 0.6 is 0 Å². The molecule has 0 saturated heterocycles. The summed E-state index contributed by atoms with van der Waals surface area (Å²) in [5.74, 6) is 0.773. The zero-order valence-corrected chi connectivity index (χ0v) is 15.0. The minimum atomic E-state index is -0.263. The number of Topliss-reactive ketones (excluding diaryl/α,β-unsaturated/α-hetero) is 1. The molecule has 2 aromatic heterocycles. The first-order valence-electron chi connectivity index (χ1n) is 8.73. The molecule has 26 heavy (non-hydrogen) atoms. The SMILES string of the molecule is CC(=O)C(C)n1c(CCCNC(=O)c2ccccn2)nc2ccccc21. The van der Waals surface area contributed by atoms with Crippen molar-refractivity contribution in [1.29, 1.82) is 0 Å². The summed E-state index contributed by atoms with van der Waals surface area (Å²) >= 11 is 0. The molecule has 1 atom stereocenters. The average molecular weight is 350 g/mol. The molecule has 134 valence electrons. The Kier molecular flexibility index (Phi) is 5.41. The number of imidazole rings is 1. The number of rotatable bonds is 7. The van der Waals surface area contributed by atoms with Crippen molar-refractivity contribution < 1.29 is 9.59 Å². The number of hydrogen-bond acceptors (Lipinski definition) is 4. The van der Waals surface area contributed by atoms with Gasteiger partial charge in [-0.2, -0.15) is 0 Å². The number of benzene rings is 1. The number of nitrogens with one attached hydrogen (secondary N) is 1. The maximum absolute atomic E-state index is 12.0. The largest absolute Gasteiger partial charge is 0.351 e. The monoisotopic (exact) mass is 350 g/mol. The van der Waals surface area contributed by atoms with Gasteiger partial charge >= 0.3 is 0 Å². The van der Waals surface area contributed by atoms with Crippen LogP contribution in [0.15, 0.2) is 48.7 Å². The number of para-hydroxylation sites is 2. The number of carbonyl (C=O) groups excluding carboxylic acids is 2. The van der Waals surface area contributed by atoms with E-state index in [1.807, 2.05) is 35.8 Å². The summed E-state index contributed by atoms with van der Waals surface area (Å²) in [6.45, 7) is 4.01. The normalized spacial score (nSPS) is 12.1. The molecule has 0 fully saturated rings. The van der Waals surface area contributed by atoms with Crippen molar-refractivity contribution in [1.82, 2.24) is 19.9 Å². The highest BCUT2D eigenvalue weighted by atomic mass is 16.1. The Hall–Kier alpha value is -3.02. The van der Waals surface area contributed by atoms with Gasteiger partial charge in [-0.1, -0.05) is 18.2 Å². The first-order chi connectivity index (χ1) is 12.6. The second-order valence-electron chi connectivity index (χ2n) is 6.25. The van der Waals surface area contributed by atoms with Crippen molar-refractivity contribution in [2.75, 3.05) is 6.54 Å². The van der Waals surface area contributed by atoms with E-state index in [0.717, 1.165) is 23.3 Å². The van der Waals surface area contributed by atoms with Crippen molar-refractivity contribution >= 4 is 22.7 Å². The average Bonchev–Trinajstić information content (AvgIpc) is 3.03. The number of nitrogens with zero attached hydrogens (tertiary/aromatic N) is 3. The van der Waals surface area contributed by atoms with E-state index in [0.29, 0.717) is 18.7 Å². The van der Waals surface area contributed by atoms with Crippen LogP contribution in [0, 0.1) is 0 Å². The predicted octanol–water partition coefficient (Wildman–Crippen LogP) is 2.94. The van der Waals surface area contributed by atoms with Crippen LogP contribution in [0.25, 0.3) is 11.0 Å². The Morgan fingerprint density at radius 3 is 2.65 bits per heavy atom. The predicted molar refractivity (Wildman–Crippen MR) is 100 cm³/mol. The van der Waals surface area contributed by atoms with Crippen LogP contribution in [0.1, 0.15) is 42.6 Å². The van der Waals surface area contributed by atoms with E-state index in [1.54, 1.807) is 31.3 Å². The van der Waals surface area contributed by atoms with Crippen LogP contribution in [0.3, 0.4) is 0 Å². The fourth-order valence-electron chi connectivity index (χ4n) is 2.92. The van der Waals surface area contributed by atoms with Gasteiger partial charge in [0.15, 0.2) is 5.78 Å². The van der Waals surface area contributed by atoms with Gasteiger partial charge in [-0.05, 0) is 44.5 Å².